The minimum absolute atomic E-state index is 0.00268. The third kappa shape index (κ3) is 2.40. The van der Waals surface area contributed by atoms with Gasteiger partial charge in [0.2, 0.25) is 0 Å². The van der Waals surface area contributed by atoms with Gasteiger partial charge in [0.25, 0.3) is 5.91 Å². The number of amides is 1. The van der Waals surface area contributed by atoms with Crippen LogP contribution in [0.4, 0.5) is 0 Å². The molecule has 5 rings (SSSR count). The molecule has 2 aromatic rings. The maximum atomic E-state index is 12.5. The number of fused-ring (bicyclic) bond motifs is 1. The van der Waals surface area contributed by atoms with Gasteiger partial charge in [-0.1, -0.05) is 6.92 Å². The molecule has 3 saturated carbocycles. The topological polar surface area (TPSA) is 54.9 Å². The third-order valence-electron chi connectivity index (χ3n) is 6.08. The number of pyridine rings is 2. The molecule has 4 nitrogen and oxygen atoms in total. The Morgan fingerprint density at radius 1 is 1.21 bits per heavy atom. The van der Waals surface area contributed by atoms with E-state index in [-0.39, 0.29) is 5.91 Å². The maximum Gasteiger partial charge on any atom is 0.253 e. The summed E-state index contributed by atoms with van der Waals surface area (Å²) in [5, 5.41) is 4.12. The summed E-state index contributed by atoms with van der Waals surface area (Å²) in [6.07, 6.45) is 9.12. The molecule has 0 unspecified atom stereocenters. The number of carbonyl (C=O) groups excluding carboxylic acids is 1. The van der Waals surface area contributed by atoms with E-state index in [9.17, 15) is 4.79 Å². The van der Waals surface area contributed by atoms with Crippen molar-refractivity contribution in [3.8, 4) is 0 Å². The van der Waals surface area contributed by atoms with Crippen LogP contribution in [-0.2, 0) is 0 Å². The normalized spacial score (nSPS) is 31.5. The summed E-state index contributed by atoms with van der Waals surface area (Å²) in [6.45, 7) is 2.32. The lowest BCUT2D eigenvalue weighted by molar-refractivity contribution is -0.0399. The highest BCUT2D eigenvalue weighted by Crippen LogP contribution is 2.58. The van der Waals surface area contributed by atoms with Gasteiger partial charge in [0, 0.05) is 29.2 Å². The number of rotatable bonds is 3. The number of carbonyl (C=O) groups is 1. The SMILES string of the molecule is CC1CC2(C1)CC(NC(=O)c1cnc3nc(C4CC4)ccc3c1)C2. The van der Waals surface area contributed by atoms with Gasteiger partial charge >= 0.3 is 0 Å². The summed E-state index contributed by atoms with van der Waals surface area (Å²) in [6, 6.07) is 6.39. The molecule has 1 spiro atoms. The number of nitrogens with zero attached hydrogens (tertiary/aromatic N) is 2. The molecule has 0 bridgehead atoms. The molecular formula is C20H23N3O. The zero-order chi connectivity index (χ0) is 16.3. The maximum absolute atomic E-state index is 12.5. The molecule has 124 valence electrons. The molecule has 2 heterocycles. The molecule has 1 N–H and O–H groups in total. The monoisotopic (exact) mass is 321 g/mol. The molecule has 4 heteroatoms. The van der Waals surface area contributed by atoms with Gasteiger partial charge < -0.3 is 5.32 Å². The van der Waals surface area contributed by atoms with Crippen LogP contribution in [0.3, 0.4) is 0 Å². The largest absolute Gasteiger partial charge is 0.349 e. The van der Waals surface area contributed by atoms with E-state index < -0.39 is 0 Å². The van der Waals surface area contributed by atoms with Crippen molar-refractivity contribution in [2.24, 2.45) is 11.3 Å². The van der Waals surface area contributed by atoms with Crippen LogP contribution in [0, 0.1) is 11.3 Å². The Balaban J connectivity index is 1.28. The van der Waals surface area contributed by atoms with Crippen LogP contribution in [0.2, 0.25) is 0 Å². The quantitative estimate of drug-likeness (QED) is 0.935. The van der Waals surface area contributed by atoms with Crippen molar-refractivity contribution < 1.29 is 4.79 Å². The molecule has 3 fully saturated rings. The molecule has 0 atom stereocenters. The molecule has 0 aromatic carbocycles. The van der Waals surface area contributed by atoms with Gasteiger partial charge in [-0.05, 0) is 68.1 Å². The molecular weight excluding hydrogens is 298 g/mol. The highest BCUT2D eigenvalue weighted by molar-refractivity contribution is 5.97. The van der Waals surface area contributed by atoms with E-state index in [0.717, 1.165) is 35.5 Å². The predicted molar refractivity (Wildman–Crippen MR) is 92.8 cm³/mol. The van der Waals surface area contributed by atoms with Gasteiger partial charge in [-0.25, -0.2) is 9.97 Å². The van der Waals surface area contributed by atoms with Crippen molar-refractivity contribution in [1.82, 2.24) is 15.3 Å². The van der Waals surface area contributed by atoms with Crippen molar-refractivity contribution >= 4 is 16.9 Å². The first-order valence-corrected chi connectivity index (χ1v) is 9.18. The predicted octanol–water partition coefficient (Wildman–Crippen LogP) is 3.82. The second-order valence-electron chi connectivity index (χ2n) is 8.37. The number of nitrogens with one attached hydrogen (secondary N) is 1. The lowest BCUT2D eigenvalue weighted by Gasteiger charge is -2.57. The van der Waals surface area contributed by atoms with Gasteiger partial charge in [0.1, 0.15) is 0 Å². The van der Waals surface area contributed by atoms with Gasteiger partial charge in [-0.3, -0.25) is 4.79 Å². The number of hydrogen-bond acceptors (Lipinski definition) is 3. The second-order valence-corrected chi connectivity index (χ2v) is 8.37. The van der Waals surface area contributed by atoms with Crippen molar-refractivity contribution in [2.75, 3.05) is 0 Å². The summed E-state index contributed by atoms with van der Waals surface area (Å²) in [7, 11) is 0. The van der Waals surface area contributed by atoms with Gasteiger partial charge in [0.15, 0.2) is 5.65 Å². The van der Waals surface area contributed by atoms with Gasteiger partial charge in [-0.15, -0.1) is 0 Å². The summed E-state index contributed by atoms with van der Waals surface area (Å²) in [5.74, 6) is 1.50. The van der Waals surface area contributed by atoms with E-state index in [4.69, 9.17) is 0 Å². The van der Waals surface area contributed by atoms with Crippen LogP contribution in [0.25, 0.3) is 11.0 Å². The summed E-state index contributed by atoms with van der Waals surface area (Å²) < 4.78 is 0. The van der Waals surface area contributed by atoms with Crippen LogP contribution in [0.1, 0.15) is 67.4 Å². The Bertz CT molecular complexity index is 813. The zero-order valence-electron chi connectivity index (χ0n) is 14.1. The number of aromatic nitrogens is 2. The summed E-state index contributed by atoms with van der Waals surface area (Å²) in [4.78, 5) is 21.5. The molecule has 0 saturated heterocycles. The van der Waals surface area contributed by atoms with Crippen LogP contribution in [0.5, 0.6) is 0 Å². The molecule has 3 aliphatic rings. The fraction of sp³-hybridized carbons (Fsp3) is 0.550. The Morgan fingerprint density at radius 3 is 2.71 bits per heavy atom. The van der Waals surface area contributed by atoms with E-state index in [0.29, 0.717) is 22.9 Å². The fourth-order valence-corrected chi connectivity index (χ4v) is 4.86. The highest BCUT2D eigenvalue weighted by atomic mass is 16.1. The first-order valence-electron chi connectivity index (χ1n) is 9.18. The Kier molecular flexibility index (Phi) is 3.00. The minimum atomic E-state index is 0.00268. The van der Waals surface area contributed by atoms with Crippen molar-refractivity contribution in [2.45, 2.75) is 57.4 Å². The average molecular weight is 321 g/mol. The van der Waals surface area contributed by atoms with Crippen LogP contribution in [0.15, 0.2) is 24.4 Å². The first-order chi connectivity index (χ1) is 11.6. The lowest BCUT2D eigenvalue weighted by atomic mass is 9.50. The molecule has 3 aliphatic carbocycles. The third-order valence-corrected chi connectivity index (χ3v) is 6.08. The molecule has 0 radical (unpaired) electrons. The molecule has 2 aromatic heterocycles. The highest BCUT2D eigenvalue weighted by Gasteiger charge is 2.51. The first kappa shape index (κ1) is 14.4. The van der Waals surface area contributed by atoms with E-state index >= 15 is 0 Å². The summed E-state index contributed by atoms with van der Waals surface area (Å²) >= 11 is 0. The van der Waals surface area contributed by atoms with Crippen LogP contribution >= 0.6 is 0 Å². The van der Waals surface area contributed by atoms with Crippen molar-refractivity contribution in [1.29, 1.82) is 0 Å². The number of hydrogen-bond donors (Lipinski definition) is 1. The van der Waals surface area contributed by atoms with Gasteiger partial charge in [0.05, 0.1) is 5.56 Å². The Morgan fingerprint density at radius 2 is 2.00 bits per heavy atom. The van der Waals surface area contributed by atoms with Crippen molar-refractivity contribution in [3.63, 3.8) is 0 Å². The van der Waals surface area contributed by atoms with Gasteiger partial charge in [-0.2, -0.15) is 0 Å². The summed E-state index contributed by atoms with van der Waals surface area (Å²) in [5.41, 5.74) is 3.09. The molecule has 0 aliphatic heterocycles. The average Bonchev–Trinajstić information content (AvgIpc) is 3.35. The van der Waals surface area contributed by atoms with E-state index in [2.05, 4.69) is 28.3 Å². The van der Waals surface area contributed by atoms with E-state index in [1.807, 2.05) is 12.1 Å². The van der Waals surface area contributed by atoms with E-state index in [1.54, 1.807) is 6.20 Å². The lowest BCUT2D eigenvalue weighted by Crippen LogP contribution is -2.55. The van der Waals surface area contributed by atoms with Crippen LogP contribution < -0.4 is 5.32 Å². The minimum Gasteiger partial charge on any atom is -0.349 e. The van der Waals surface area contributed by atoms with Crippen LogP contribution in [-0.4, -0.2) is 21.9 Å². The smallest absolute Gasteiger partial charge is 0.253 e. The molecule has 24 heavy (non-hydrogen) atoms. The molecule has 1 amide bonds. The van der Waals surface area contributed by atoms with E-state index in [1.165, 1.54) is 25.7 Å². The second kappa shape index (κ2) is 5.01. The fourth-order valence-electron chi connectivity index (χ4n) is 4.86. The Hall–Kier alpha value is -1.97. The van der Waals surface area contributed by atoms with Crippen molar-refractivity contribution in [3.05, 3.63) is 35.7 Å². The Labute approximate surface area is 142 Å². The zero-order valence-corrected chi connectivity index (χ0v) is 14.1. The standard InChI is InChI=1S/C20H23N3O/c1-12-7-20(8-12)9-16(10-20)22-19(24)15-6-14-4-5-17(13-2-3-13)23-18(14)21-11-15/h4-6,11-13,16H,2-3,7-10H2,1H3,(H,22,24).